The van der Waals surface area contributed by atoms with Gasteiger partial charge >= 0.3 is 6.03 Å². The van der Waals surface area contributed by atoms with Crippen molar-refractivity contribution in [3.05, 3.63) is 65.9 Å². The van der Waals surface area contributed by atoms with Gasteiger partial charge in [-0.2, -0.15) is 0 Å². The highest BCUT2D eigenvalue weighted by Gasteiger charge is 2.29. The molecule has 2 aliphatic rings. The van der Waals surface area contributed by atoms with E-state index < -0.39 is 0 Å². The Bertz CT molecular complexity index is 1130. The van der Waals surface area contributed by atoms with E-state index in [4.69, 9.17) is 19.4 Å². The maximum atomic E-state index is 13.1. The molecule has 170 valence electrons. The number of ether oxygens (including phenoxy) is 2. The highest BCUT2D eigenvalue weighted by molar-refractivity contribution is 5.91. The van der Waals surface area contributed by atoms with Crippen molar-refractivity contribution in [2.75, 3.05) is 50.2 Å². The summed E-state index contributed by atoms with van der Waals surface area (Å²) in [5.41, 5.74) is 3.66. The maximum Gasteiger partial charge on any atom is 0.322 e. The van der Waals surface area contributed by atoms with Crippen LogP contribution in [-0.4, -0.2) is 60.9 Å². The Morgan fingerprint density at radius 3 is 2.55 bits per heavy atom. The molecule has 0 unspecified atom stereocenters. The fourth-order valence-electron chi connectivity index (χ4n) is 4.27. The molecule has 0 bridgehead atoms. The average Bonchev–Trinajstić information content (AvgIpc) is 2.89. The maximum absolute atomic E-state index is 13.1. The van der Waals surface area contributed by atoms with Crippen LogP contribution in [0.3, 0.4) is 0 Å². The second kappa shape index (κ2) is 9.46. The van der Waals surface area contributed by atoms with E-state index in [1.807, 2.05) is 59.5 Å². The number of hydrogen-bond donors (Lipinski definition) is 1. The van der Waals surface area contributed by atoms with Crippen molar-refractivity contribution in [2.45, 2.75) is 13.0 Å². The number of benzene rings is 2. The van der Waals surface area contributed by atoms with Crippen LogP contribution in [0.2, 0.25) is 0 Å². The second-order valence-electron chi connectivity index (χ2n) is 8.06. The fourth-order valence-corrected chi connectivity index (χ4v) is 4.27. The first-order valence-corrected chi connectivity index (χ1v) is 11.2. The monoisotopic (exact) mass is 445 g/mol. The van der Waals surface area contributed by atoms with E-state index in [1.54, 1.807) is 7.11 Å². The number of methoxy groups -OCH3 is 1. The zero-order valence-electron chi connectivity index (χ0n) is 18.7. The largest absolute Gasteiger partial charge is 0.495 e. The molecule has 0 atom stereocenters. The fraction of sp³-hybridized carbons (Fsp3) is 0.320. The molecule has 5 rings (SSSR count). The van der Waals surface area contributed by atoms with Crippen molar-refractivity contribution in [3.8, 4) is 17.1 Å². The van der Waals surface area contributed by atoms with E-state index in [0.717, 1.165) is 41.6 Å². The van der Waals surface area contributed by atoms with E-state index in [2.05, 4.69) is 10.2 Å². The molecule has 1 fully saturated rings. The third kappa shape index (κ3) is 4.47. The van der Waals surface area contributed by atoms with Gasteiger partial charge in [-0.15, -0.1) is 0 Å². The molecule has 0 spiro atoms. The molecule has 0 radical (unpaired) electrons. The van der Waals surface area contributed by atoms with Gasteiger partial charge in [0.05, 0.1) is 38.2 Å². The number of urea groups is 1. The Balaban J connectivity index is 1.45. The van der Waals surface area contributed by atoms with Crippen LogP contribution in [0.5, 0.6) is 5.75 Å². The number of nitrogens with one attached hydrogen (secondary N) is 1. The Hall–Kier alpha value is -3.65. The molecule has 3 aromatic rings. The number of carbonyl (C=O) groups is 1. The van der Waals surface area contributed by atoms with Crippen LogP contribution < -0.4 is 15.0 Å². The van der Waals surface area contributed by atoms with E-state index >= 15 is 0 Å². The molecule has 8 nitrogen and oxygen atoms in total. The number of rotatable bonds is 4. The van der Waals surface area contributed by atoms with Crippen molar-refractivity contribution in [3.63, 3.8) is 0 Å². The van der Waals surface area contributed by atoms with Gasteiger partial charge in [0, 0.05) is 37.2 Å². The number of para-hydroxylation sites is 2. The normalized spacial score (nSPS) is 15.7. The van der Waals surface area contributed by atoms with Crippen LogP contribution in [0.4, 0.5) is 16.3 Å². The summed E-state index contributed by atoms with van der Waals surface area (Å²) in [6, 6.07) is 17.3. The summed E-state index contributed by atoms with van der Waals surface area (Å²) >= 11 is 0. The number of anilines is 2. The predicted molar refractivity (Wildman–Crippen MR) is 127 cm³/mol. The van der Waals surface area contributed by atoms with E-state index in [1.165, 1.54) is 0 Å². The summed E-state index contributed by atoms with van der Waals surface area (Å²) < 4.78 is 10.9. The number of morpholine rings is 1. The molecule has 8 heteroatoms. The van der Waals surface area contributed by atoms with Gasteiger partial charge in [0.15, 0.2) is 5.82 Å². The van der Waals surface area contributed by atoms with Gasteiger partial charge in [-0.25, -0.2) is 14.8 Å². The first kappa shape index (κ1) is 21.2. The van der Waals surface area contributed by atoms with Gasteiger partial charge < -0.3 is 24.6 Å². The van der Waals surface area contributed by atoms with Crippen LogP contribution in [-0.2, 0) is 17.7 Å². The van der Waals surface area contributed by atoms with Gasteiger partial charge in [-0.05, 0) is 12.1 Å². The summed E-state index contributed by atoms with van der Waals surface area (Å²) in [7, 11) is 1.60. The Morgan fingerprint density at radius 1 is 1.00 bits per heavy atom. The molecule has 0 saturated carbocycles. The SMILES string of the molecule is COc1ccccc1NC(=O)N1CCc2nc(-c3ccccc3)nc(N3CCOCC3)c2C1. The summed E-state index contributed by atoms with van der Waals surface area (Å²) in [5.74, 6) is 2.26. The molecule has 1 N–H and O–H groups in total. The molecule has 3 heterocycles. The van der Waals surface area contributed by atoms with Crippen molar-refractivity contribution in [1.82, 2.24) is 14.9 Å². The molecule has 0 aliphatic carbocycles. The summed E-state index contributed by atoms with van der Waals surface area (Å²) in [5, 5.41) is 2.99. The molecule has 1 aromatic heterocycles. The van der Waals surface area contributed by atoms with Crippen LogP contribution in [0.15, 0.2) is 54.6 Å². The lowest BCUT2D eigenvalue weighted by atomic mass is 10.0. The Labute approximate surface area is 193 Å². The minimum atomic E-state index is -0.162. The lowest BCUT2D eigenvalue weighted by Crippen LogP contribution is -2.42. The number of hydrogen-bond acceptors (Lipinski definition) is 6. The molecular weight excluding hydrogens is 418 g/mol. The number of aromatic nitrogens is 2. The standard InChI is InChI=1S/C25H27N5O3/c1-32-22-10-6-5-9-21(22)27-25(31)30-12-11-20-19(17-30)24(29-13-15-33-16-14-29)28-23(26-20)18-7-3-2-4-8-18/h2-10H,11-17H2,1H3,(H,27,31). The van der Waals surface area contributed by atoms with Crippen molar-refractivity contribution in [2.24, 2.45) is 0 Å². The van der Waals surface area contributed by atoms with Gasteiger partial charge in [0.1, 0.15) is 11.6 Å². The quantitative estimate of drug-likeness (QED) is 0.661. The van der Waals surface area contributed by atoms with Gasteiger partial charge in [-0.3, -0.25) is 0 Å². The highest BCUT2D eigenvalue weighted by Crippen LogP contribution is 2.31. The molecular formula is C25H27N5O3. The van der Waals surface area contributed by atoms with Crippen LogP contribution in [0, 0.1) is 0 Å². The first-order chi connectivity index (χ1) is 16.2. The topological polar surface area (TPSA) is 79.8 Å². The minimum Gasteiger partial charge on any atom is -0.495 e. The van der Waals surface area contributed by atoms with Crippen LogP contribution >= 0.6 is 0 Å². The molecule has 1 saturated heterocycles. The number of fused-ring (bicyclic) bond motifs is 1. The van der Waals surface area contributed by atoms with E-state index in [0.29, 0.717) is 44.2 Å². The third-order valence-corrected chi connectivity index (χ3v) is 6.02. The summed E-state index contributed by atoms with van der Waals surface area (Å²) in [4.78, 5) is 27.0. The zero-order valence-corrected chi connectivity index (χ0v) is 18.7. The molecule has 2 aromatic carbocycles. The first-order valence-electron chi connectivity index (χ1n) is 11.2. The molecule has 2 amide bonds. The van der Waals surface area contributed by atoms with Gasteiger partial charge in [0.25, 0.3) is 0 Å². The van der Waals surface area contributed by atoms with Gasteiger partial charge in [0.2, 0.25) is 0 Å². The van der Waals surface area contributed by atoms with E-state index in [9.17, 15) is 4.79 Å². The highest BCUT2D eigenvalue weighted by atomic mass is 16.5. The zero-order chi connectivity index (χ0) is 22.6. The summed E-state index contributed by atoms with van der Waals surface area (Å²) in [6.45, 7) is 3.91. The second-order valence-corrected chi connectivity index (χ2v) is 8.06. The predicted octanol–water partition coefficient (Wildman–Crippen LogP) is 3.58. The molecule has 33 heavy (non-hydrogen) atoms. The number of carbonyl (C=O) groups excluding carboxylic acids is 1. The van der Waals surface area contributed by atoms with Crippen molar-refractivity contribution in [1.29, 1.82) is 0 Å². The van der Waals surface area contributed by atoms with Gasteiger partial charge in [-0.1, -0.05) is 42.5 Å². The minimum absolute atomic E-state index is 0.162. The van der Waals surface area contributed by atoms with E-state index in [-0.39, 0.29) is 6.03 Å². The smallest absolute Gasteiger partial charge is 0.322 e. The number of nitrogens with zero attached hydrogens (tertiary/aromatic N) is 4. The average molecular weight is 446 g/mol. The van der Waals surface area contributed by atoms with Crippen molar-refractivity contribution < 1.29 is 14.3 Å². The molecule has 2 aliphatic heterocycles. The number of amides is 2. The van der Waals surface area contributed by atoms with Crippen LogP contribution in [0.1, 0.15) is 11.3 Å². The Morgan fingerprint density at radius 2 is 1.76 bits per heavy atom. The summed E-state index contributed by atoms with van der Waals surface area (Å²) in [6.07, 6.45) is 0.675. The van der Waals surface area contributed by atoms with Crippen LogP contribution in [0.25, 0.3) is 11.4 Å². The lowest BCUT2D eigenvalue weighted by Gasteiger charge is -2.34. The Kier molecular flexibility index (Phi) is 6.08. The van der Waals surface area contributed by atoms with Crippen molar-refractivity contribution >= 4 is 17.5 Å². The third-order valence-electron chi connectivity index (χ3n) is 6.02. The lowest BCUT2D eigenvalue weighted by molar-refractivity contribution is 0.122.